The number of fused-ring (bicyclic) bond motifs is 3. The van der Waals surface area contributed by atoms with Crippen molar-refractivity contribution in [2.45, 2.75) is 59.2 Å². The number of imidazole rings is 1. The normalized spacial score (nSPS) is 13.2. The van der Waals surface area contributed by atoms with Crippen molar-refractivity contribution >= 4 is 21.8 Å². The fraction of sp³-hybridized carbons (Fsp3) is 0.524. The Kier molecular flexibility index (Phi) is 5.49. The van der Waals surface area contributed by atoms with Gasteiger partial charge < -0.3 is 18.9 Å². The van der Waals surface area contributed by atoms with E-state index in [1.807, 2.05) is 58.4 Å². The zero-order chi connectivity index (χ0) is 20.8. The first-order chi connectivity index (χ1) is 13.0. The number of aryl methyl sites for hydroxylation is 1. The molecule has 0 aliphatic carbocycles. The number of carbonyl (C=O) groups is 1. The quantitative estimate of drug-likeness (QED) is 0.687. The predicted octanol–water partition coefficient (Wildman–Crippen LogP) is 4.54. The molecule has 1 amide bonds. The third-order valence-electron chi connectivity index (χ3n) is 5.04. The summed E-state index contributed by atoms with van der Waals surface area (Å²) >= 11 is 3.58. The number of aromatic nitrogens is 2. The maximum absolute atomic E-state index is 13.1. The number of benzene rings is 1. The van der Waals surface area contributed by atoms with Crippen molar-refractivity contribution in [3.63, 3.8) is 0 Å². The Bertz CT molecular complexity index is 913. The van der Waals surface area contributed by atoms with Gasteiger partial charge in [-0.3, -0.25) is 4.79 Å². The van der Waals surface area contributed by atoms with Crippen LogP contribution in [0.3, 0.4) is 0 Å². The third-order valence-corrected chi connectivity index (χ3v) is 5.59. The van der Waals surface area contributed by atoms with Crippen LogP contribution >= 0.6 is 15.9 Å². The summed E-state index contributed by atoms with van der Waals surface area (Å²) in [5.41, 5.74) is 2.79. The first-order valence-corrected chi connectivity index (χ1v) is 10.3. The van der Waals surface area contributed by atoms with Gasteiger partial charge in [0.25, 0.3) is 5.91 Å². The summed E-state index contributed by atoms with van der Waals surface area (Å²) in [5.74, 6) is 1.78. The lowest BCUT2D eigenvalue weighted by Crippen LogP contribution is -2.43. The fourth-order valence-electron chi connectivity index (χ4n) is 3.28. The minimum absolute atomic E-state index is 0.0291. The highest BCUT2D eigenvalue weighted by atomic mass is 79.9. The maximum Gasteiger partial charge on any atom is 0.290 e. The average molecular weight is 450 g/mol. The van der Waals surface area contributed by atoms with E-state index in [1.165, 1.54) is 0 Å². The van der Waals surface area contributed by atoms with Crippen molar-refractivity contribution in [3.05, 3.63) is 28.1 Å². The maximum atomic E-state index is 13.1. The molecule has 152 valence electrons. The van der Waals surface area contributed by atoms with Gasteiger partial charge in [0.1, 0.15) is 4.60 Å². The van der Waals surface area contributed by atoms with E-state index in [0.717, 1.165) is 29.0 Å². The second-order valence-corrected chi connectivity index (χ2v) is 9.09. The molecule has 0 unspecified atom stereocenters. The Morgan fingerprint density at radius 2 is 1.96 bits per heavy atom. The molecule has 0 radical (unpaired) electrons. The highest BCUT2D eigenvalue weighted by Crippen LogP contribution is 2.42. The Hall–Kier alpha value is -2.02. The number of ether oxygens (including phenoxy) is 2. The minimum atomic E-state index is -0.284. The zero-order valence-corrected chi connectivity index (χ0v) is 19.2. The van der Waals surface area contributed by atoms with E-state index in [-0.39, 0.29) is 17.6 Å². The molecule has 7 heteroatoms. The molecule has 0 bridgehead atoms. The van der Waals surface area contributed by atoms with Gasteiger partial charge in [-0.25, -0.2) is 4.98 Å². The predicted molar refractivity (Wildman–Crippen MR) is 113 cm³/mol. The molecule has 0 N–H and O–H groups in total. The smallest absolute Gasteiger partial charge is 0.290 e. The Morgan fingerprint density at radius 1 is 1.29 bits per heavy atom. The summed E-state index contributed by atoms with van der Waals surface area (Å²) in [6.45, 7) is 10.7. The second-order valence-electron chi connectivity index (χ2n) is 8.34. The number of nitrogens with zero attached hydrogens (tertiary/aromatic N) is 3. The molecule has 28 heavy (non-hydrogen) atoms. The monoisotopic (exact) mass is 449 g/mol. The molecular weight excluding hydrogens is 422 g/mol. The van der Waals surface area contributed by atoms with Crippen LogP contribution in [-0.4, -0.2) is 46.2 Å². The van der Waals surface area contributed by atoms with Gasteiger partial charge in [-0.1, -0.05) is 0 Å². The van der Waals surface area contributed by atoms with Gasteiger partial charge in [0, 0.05) is 24.7 Å². The number of carbonyl (C=O) groups excluding carboxylic acids is 1. The molecule has 0 atom stereocenters. The van der Waals surface area contributed by atoms with Crippen LogP contribution in [0.4, 0.5) is 0 Å². The van der Waals surface area contributed by atoms with Gasteiger partial charge >= 0.3 is 0 Å². The van der Waals surface area contributed by atoms with E-state index in [0.29, 0.717) is 22.7 Å². The zero-order valence-electron chi connectivity index (χ0n) is 17.6. The summed E-state index contributed by atoms with van der Waals surface area (Å²) in [5, 5.41) is 0. The Morgan fingerprint density at radius 3 is 2.54 bits per heavy atom. The highest BCUT2D eigenvalue weighted by molar-refractivity contribution is 9.10. The van der Waals surface area contributed by atoms with Crippen LogP contribution in [0.2, 0.25) is 0 Å². The van der Waals surface area contributed by atoms with Gasteiger partial charge in [-0.15, -0.1) is 0 Å². The molecule has 1 aliphatic rings. The SMILES string of the molecule is COc1cc2c(cc1OC(C)C)-c1c(Br)nc(C(=O)N(C)C(C)(C)C)n1CC2. The second kappa shape index (κ2) is 7.43. The summed E-state index contributed by atoms with van der Waals surface area (Å²) in [6.07, 6.45) is 0.824. The number of hydrogen-bond donors (Lipinski definition) is 0. The van der Waals surface area contributed by atoms with Crippen LogP contribution in [0.5, 0.6) is 11.5 Å². The van der Waals surface area contributed by atoms with E-state index < -0.39 is 0 Å². The number of methoxy groups -OCH3 is 1. The summed E-state index contributed by atoms with van der Waals surface area (Å²) in [6, 6.07) is 4.02. The van der Waals surface area contributed by atoms with Gasteiger partial charge in [0.2, 0.25) is 5.82 Å². The summed E-state index contributed by atoms with van der Waals surface area (Å²) < 4.78 is 14.1. The lowest BCUT2D eigenvalue weighted by Gasteiger charge is -2.32. The van der Waals surface area contributed by atoms with Crippen molar-refractivity contribution in [1.82, 2.24) is 14.5 Å². The highest BCUT2D eigenvalue weighted by Gasteiger charge is 2.32. The van der Waals surface area contributed by atoms with Crippen molar-refractivity contribution in [1.29, 1.82) is 0 Å². The topological polar surface area (TPSA) is 56.6 Å². The van der Waals surface area contributed by atoms with Crippen molar-refractivity contribution in [3.8, 4) is 22.8 Å². The number of hydrogen-bond acceptors (Lipinski definition) is 4. The molecule has 0 spiro atoms. The van der Waals surface area contributed by atoms with Crippen molar-refractivity contribution in [2.75, 3.05) is 14.2 Å². The van der Waals surface area contributed by atoms with Crippen molar-refractivity contribution in [2.24, 2.45) is 0 Å². The van der Waals surface area contributed by atoms with Crippen LogP contribution in [0.25, 0.3) is 11.3 Å². The molecule has 0 saturated heterocycles. The standard InChI is InChI=1S/C21H28BrN3O3/c1-12(2)28-16-11-14-13(10-15(16)27-7)8-9-25-17(14)18(22)23-19(25)20(26)24(6)21(3,4)5/h10-12H,8-9H2,1-7H3. The fourth-order valence-corrected chi connectivity index (χ4v) is 3.88. The van der Waals surface area contributed by atoms with E-state index in [1.54, 1.807) is 12.0 Å². The molecule has 1 aromatic heterocycles. The Labute approximate surface area is 175 Å². The molecule has 0 fully saturated rings. The lowest BCUT2D eigenvalue weighted by atomic mass is 9.97. The number of amides is 1. The Balaban J connectivity index is 2.12. The van der Waals surface area contributed by atoms with E-state index in [2.05, 4.69) is 20.9 Å². The van der Waals surface area contributed by atoms with Gasteiger partial charge in [0.15, 0.2) is 11.5 Å². The molecule has 6 nitrogen and oxygen atoms in total. The van der Waals surface area contributed by atoms with E-state index in [4.69, 9.17) is 9.47 Å². The van der Waals surface area contributed by atoms with Gasteiger partial charge in [-0.2, -0.15) is 0 Å². The van der Waals surface area contributed by atoms with Gasteiger partial charge in [0.05, 0.1) is 18.9 Å². The minimum Gasteiger partial charge on any atom is -0.493 e. The van der Waals surface area contributed by atoms with E-state index >= 15 is 0 Å². The summed E-state index contributed by atoms with van der Waals surface area (Å²) in [4.78, 5) is 19.4. The van der Waals surface area contributed by atoms with Crippen LogP contribution in [0.15, 0.2) is 16.7 Å². The molecule has 0 saturated carbocycles. The number of rotatable bonds is 4. The number of halogens is 1. The first kappa shape index (κ1) is 20.7. The molecule has 3 rings (SSSR count). The van der Waals surface area contributed by atoms with Crippen LogP contribution < -0.4 is 9.47 Å². The lowest BCUT2D eigenvalue weighted by molar-refractivity contribution is 0.0637. The first-order valence-electron chi connectivity index (χ1n) is 9.46. The van der Waals surface area contributed by atoms with E-state index in [9.17, 15) is 4.79 Å². The molecular formula is C21H28BrN3O3. The largest absolute Gasteiger partial charge is 0.493 e. The summed E-state index contributed by atoms with van der Waals surface area (Å²) in [7, 11) is 3.46. The van der Waals surface area contributed by atoms with Gasteiger partial charge in [-0.05, 0) is 74.7 Å². The third kappa shape index (κ3) is 3.64. The molecule has 1 aromatic carbocycles. The molecule has 2 aromatic rings. The molecule has 1 aliphatic heterocycles. The average Bonchev–Trinajstić information content (AvgIpc) is 2.95. The van der Waals surface area contributed by atoms with Crippen LogP contribution in [-0.2, 0) is 13.0 Å². The van der Waals surface area contributed by atoms with Crippen LogP contribution in [0, 0.1) is 0 Å². The van der Waals surface area contributed by atoms with Crippen LogP contribution in [0.1, 0.15) is 50.8 Å². The van der Waals surface area contributed by atoms with Crippen molar-refractivity contribution < 1.29 is 14.3 Å². The molecule has 2 heterocycles.